The topological polar surface area (TPSA) is 85.0 Å². The summed E-state index contributed by atoms with van der Waals surface area (Å²) in [6, 6.07) is 13.0. The second kappa shape index (κ2) is 6.56. The molecule has 0 aliphatic carbocycles. The number of nitrogens with zero attached hydrogens (tertiary/aromatic N) is 1. The van der Waals surface area contributed by atoms with Gasteiger partial charge < -0.3 is 14.6 Å². The number of carbonyl (C=O) groups excluding carboxylic acids is 1. The summed E-state index contributed by atoms with van der Waals surface area (Å²) in [5.41, 5.74) is 4.04. The van der Waals surface area contributed by atoms with Crippen molar-refractivity contribution >= 4 is 44.1 Å². The van der Waals surface area contributed by atoms with Gasteiger partial charge in [-0.1, -0.05) is 24.3 Å². The smallest absolute Gasteiger partial charge is 0.263 e. The lowest BCUT2D eigenvalue weighted by molar-refractivity contribution is -0.343. The number of benzene rings is 2. The van der Waals surface area contributed by atoms with Crippen LogP contribution in [0.15, 0.2) is 65.6 Å². The molecule has 6 heteroatoms. The fourth-order valence-electron chi connectivity index (χ4n) is 4.32. The number of fused-ring (bicyclic) bond motifs is 5. The summed E-state index contributed by atoms with van der Waals surface area (Å²) >= 11 is 0. The minimum Gasteiger partial charge on any atom is -0.546 e. The van der Waals surface area contributed by atoms with E-state index in [0.717, 1.165) is 43.8 Å². The van der Waals surface area contributed by atoms with Crippen LogP contribution in [0.25, 0.3) is 38.1 Å². The highest BCUT2D eigenvalue weighted by molar-refractivity contribution is 6.18. The van der Waals surface area contributed by atoms with Crippen molar-refractivity contribution in [2.24, 2.45) is 0 Å². The van der Waals surface area contributed by atoms with Gasteiger partial charge in [0.1, 0.15) is 17.9 Å². The Morgan fingerprint density at radius 1 is 1.13 bits per heavy atom. The third-order valence-corrected chi connectivity index (χ3v) is 5.41. The Morgan fingerprint density at radius 3 is 2.63 bits per heavy atom. The zero-order valence-electron chi connectivity index (χ0n) is 16.3. The number of aromatic nitrogens is 2. The predicted molar refractivity (Wildman–Crippen MR) is 113 cm³/mol. The number of carboxylic acids is 1. The third kappa shape index (κ3) is 2.54. The van der Waals surface area contributed by atoms with Crippen LogP contribution in [-0.2, 0) is 11.2 Å². The lowest BCUT2D eigenvalue weighted by atomic mass is 9.99. The molecule has 0 fully saturated rings. The van der Waals surface area contributed by atoms with Crippen molar-refractivity contribution in [2.75, 3.05) is 6.61 Å². The molecule has 6 nitrogen and oxygen atoms in total. The number of H-pyrrole nitrogens is 1. The highest BCUT2D eigenvalue weighted by Gasteiger charge is 2.23. The Hall–Kier alpha value is -3.93. The molecule has 0 saturated heterocycles. The minimum atomic E-state index is -1.29. The van der Waals surface area contributed by atoms with Gasteiger partial charge in [0, 0.05) is 22.4 Å². The summed E-state index contributed by atoms with van der Waals surface area (Å²) in [7, 11) is 0. The highest BCUT2D eigenvalue weighted by Crippen LogP contribution is 2.38. The Bertz CT molecular complexity index is 1550. The van der Waals surface area contributed by atoms with E-state index in [1.165, 1.54) is 0 Å². The van der Waals surface area contributed by atoms with Crippen molar-refractivity contribution < 1.29 is 19.6 Å². The highest BCUT2D eigenvalue weighted by atomic mass is 16.5. The van der Waals surface area contributed by atoms with Crippen LogP contribution in [0.2, 0.25) is 0 Å². The Labute approximate surface area is 171 Å². The fraction of sp³-hybridized carbons (Fsp3) is 0.125. The molecule has 30 heavy (non-hydrogen) atoms. The summed E-state index contributed by atoms with van der Waals surface area (Å²) in [5.74, 6) is -0.841. The molecule has 0 amide bonds. The van der Waals surface area contributed by atoms with Crippen molar-refractivity contribution in [2.45, 2.75) is 13.3 Å². The summed E-state index contributed by atoms with van der Waals surface area (Å²) < 4.78 is 7.25. The van der Waals surface area contributed by atoms with E-state index in [2.05, 4.69) is 11.6 Å². The molecule has 2 aromatic carbocycles. The molecule has 0 radical (unpaired) electrons. The number of ether oxygens (including phenoxy) is 1. The first-order chi connectivity index (χ1) is 14.5. The maximum atomic E-state index is 13.4. The number of hydrogen-bond acceptors (Lipinski definition) is 4. The van der Waals surface area contributed by atoms with Crippen molar-refractivity contribution in [3.63, 3.8) is 0 Å². The second-order valence-corrected chi connectivity index (χ2v) is 7.53. The van der Waals surface area contributed by atoms with Gasteiger partial charge in [-0.25, -0.2) is 4.98 Å². The van der Waals surface area contributed by atoms with Crippen LogP contribution in [0.5, 0.6) is 5.75 Å². The van der Waals surface area contributed by atoms with Crippen LogP contribution < -0.4 is 20.4 Å². The molecule has 5 rings (SSSR count). The number of allylic oxidation sites excluding steroid dienone is 1. The van der Waals surface area contributed by atoms with Crippen molar-refractivity contribution in [1.82, 2.24) is 4.40 Å². The Balaban J connectivity index is 1.99. The summed E-state index contributed by atoms with van der Waals surface area (Å²) in [4.78, 5) is 27.7. The molecule has 0 aliphatic rings. The van der Waals surface area contributed by atoms with Crippen LogP contribution in [0.1, 0.15) is 12.5 Å². The van der Waals surface area contributed by atoms with Crippen molar-refractivity contribution in [3.8, 4) is 5.75 Å². The van der Waals surface area contributed by atoms with E-state index in [-0.39, 0.29) is 5.56 Å². The standard InChI is InChI=1S/C24H18N2O4/c1-13(2)11-17-19(30-12-20(27)28)8-7-18-21(17)16-9-10-25-22-14-5-3-4-6-15(14)24(29)26(18)23(16)22/h3-10H,1,11-12H2,2H3,(H,27,28). The van der Waals surface area contributed by atoms with Gasteiger partial charge in [0.25, 0.3) is 5.56 Å². The monoisotopic (exact) mass is 398 g/mol. The van der Waals surface area contributed by atoms with Gasteiger partial charge in [-0.05, 0) is 37.6 Å². The van der Waals surface area contributed by atoms with Gasteiger partial charge in [-0.2, -0.15) is 0 Å². The molecule has 3 aromatic heterocycles. The molecule has 1 N–H and O–H groups in total. The molecule has 0 unspecified atom stereocenters. The molecule has 0 spiro atoms. The third-order valence-electron chi connectivity index (χ3n) is 5.41. The van der Waals surface area contributed by atoms with Gasteiger partial charge in [-0.15, -0.1) is 0 Å². The number of hydrogen-bond donors (Lipinski definition) is 0. The van der Waals surface area contributed by atoms with Crippen molar-refractivity contribution in [1.29, 1.82) is 0 Å². The minimum absolute atomic E-state index is 0.0950. The SMILES string of the molecule is C=C(C)Cc1c(OCC(=O)[O-])ccc2c1c1cc[nH+]c3c4ccccc4c(=O)n2c13. The predicted octanol–water partition coefficient (Wildman–Crippen LogP) is 2.26. The first-order valence-electron chi connectivity index (χ1n) is 9.59. The lowest BCUT2D eigenvalue weighted by Gasteiger charge is -2.13. The van der Waals surface area contributed by atoms with E-state index in [0.29, 0.717) is 17.6 Å². The molecule has 148 valence electrons. The van der Waals surface area contributed by atoms with Crippen LogP contribution in [0.4, 0.5) is 0 Å². The van der Waals surface area contributed by atoms with Gasteiger partial charge in [0.2, 0.25) is 5.52 Å². The normalized spacial score (nSPS) is 11.6. The van der Waals surface area contributed by atoms with Crippen LogP contribution in [-0.4, -0.2) is 17.0 Å². The van der Waals surface area contributed by atoms with Gasteiger partial charge in [0.15, 0.2) is 6.20 Å². The second-order valence-electron chi connectivity index (χ2n) is 7.53. The fourth-order valence-corrected chi connectivity index (χ4v) is 4.32. The van der Waals surface area contributed by atoms with Gasteiger partial charge >= 0.3 is 0 Å². The van der Waals surface area contributed by atoms with Crippen LogP contribution >= 0.6 is 0 Å². The summed E-state index contributed by atoms with van der Waals surface area (Å²) in [5, 5.41) is 14.2. The van der Waals surface area contributed by atoms with E-state index in [4.69, 9.17) is 4.74 Å². The van der Waals surface area contributed by atoms with Crippen LogP contribution in [0.3, 0.4) is 0 Å². The average molecular weight is 398 g/mol. The molecule has 3 heterocycles. The summed E-state index contributed by atoms with van der Waals surface area (Å²) in [6.45, 7) is 5.37. The number of carbonyl (C=O) groups is 1. The number of nitrogens with one attached hydrogen (secondary N) is 1. The lowest BCUT2D eigenvalue weighted by Crippen LogP contribution is -2.29. The number of aromatic amines is 1. The molecule has 0 atom stereocenters. The zero-order valence-corrected chi connectivity index (χ0v) is 16.3. The molecule has 0 saturated carbocycles. The molecular formula is C24H18N2O4. The number of aliphatic carboxylic acids is 1. The number of rotatable bonds is 5. The quantitative estimate of drug-likeness (QED) is 0.336. The molecule has 5 aromatic rings. The van der Waals surface area contributed by atoms with E-state index in [9.17, 15) is 14.7 Å². The van der Waals surface area contributed by atoms with E-state index < -0.39 is 12.6 Å². The van der Waals surface area contributed by atoms with Gasteiger partial charge in [0.05, 0.1) is 22.3 Å². The Morgan fingerprint density at radius 2 is 1.90 bits per heavy atom. The zero-order chi connectivity index (χ0) is 21.0. The largest absolute Gasteiger partial charge is 0.546 e. The van der Waals surface area contributed by atoms with E-state index in [1.807, 2.05) is 43.5 Å². The maximum absolute atomic E-state index is 13.4. The van der Waals surface area contributed by atoms with Crippen molar-refractivity contribution in [3.05, 3.63) is 76.7 Å². The first-order valence-corrected chi connectivity index (χ1v) is 9.59. The van der Waals surface area contributed by atoms with E-state index >= 15 is 0 Å². The molecule has 0 bridgehead atoms. The average Bonchev–Trinajstić information content (AvgIpc) is 3.07. The summed E-state index contributed by atoms with van der Waals surface area (Å²) in [6.07, 6.45) is 2.35. The molecule has 0 aliphatic heterocycles. The first kappa shape index (κ1) is 18.1. The number of carboxylic acid groups (broad SMARTS) is 1. The number of pyridine rings is 2. The maximum Gasteiger partial charge on any atom is 0.263 e. The van der Waals surface area contributed by atoms with Gasteiger partial charge in [-0.3, -0.25) is 9.20 Å². The van der Waals surface area contributed by atoms with Crippen LogP contribution in [0, 0.1) is 0 Å². The molecular weight excluding hydrogens is 380 g/mol. The Kier molecular flexibility index (Phi) is 3.96. The van der Waals surface area contributed by atoms with E-state index in [1.54, 1.807) is 16.5 Å².